The number of rotatable bonds is 3. The van der Waals surface area contributed by atoms with E-state index in [0.29, 0.717) is 44.8 Å². The molecule has 0 bridgehead atoms. The SMILES string of the molecule is O=C(c1cc(Nc2ccc(F)c(F)c2F)ccn1)N1CCC2(CC1)OCCO2. The molecule has 2 aromatic rings. The van der Waals surface area contributed by atoms with Gasteiger partial charge in [-0.3, -0.25) is 9.78 Å². The fourth-order valence-corrected chi connectivity index (χ4v) is 3.40. The number of nitrogens with zero attached hydrogens (tertiary/aromatic N) is 2. The largest absolute Gasteiger partial charge is 0.353 e. The second-order valence-corrected chi connectivity index (χ2v) is 6.68. The molecule has 2 saturated heterocycles. The van der Waals surface area contributed by atoms with Crippen LogP contribution in [0.15, 0.2) is 30.5 Å². The fraction of sp³-hybridized carbons (Fsp3) is 0.368. The Morgan fingerprint density at radius 2 is 1.79 bits per heavy atom. The van der Waals surface area contributed by atoms with Crippen molar-refractivity contribution in [3.8, 4) is 0 Å². The first kappa shape index (κ1) is 18.7. The summed E-state index contributed by atoms with van der Waals surface area (Å²) < 4.78 is 51.6. The lowest BCUT2D eigenvalue weighted by molar-refractivity contribution is -0.181. The van der Waals surface area contributed by atoms with Gasteiger partial charge in [-0.1, -0.05) is 0 Å². The van der Waals surface area contributed by atoms with Gasteiger partial charge in [0.1, 0.15) is 5.69 Å². The second-order valence-electron chi connectivity index (χ2n) is 6.68. The average Bonchev–Trinajstić information content (AvgIpc) is 3.17. The molecule has 6 nitrogen and oxygen atoms in total. The number of halogens is 3. The van der Waals surface area contributed by atoms with Crippen molar-refractivity contribution in [1.82, 2.24) is 9.88 Å². The van der Waals surface area contributed by atoms with Crippen molar-refractivity contribution in [1.29, 1.82) is 0 Å². The van der Waals surface area contributed by atoms with E-state index in [1.807, 2.05) is 0 Å². The van der Waals surface area contributed by atoms with Crippen molar-refractivity contribution in [3.05, 3.63) is 53.6 Å². The first-order chi connectivity index (χ1) is 13.5. The van der Waals surface area contributed by atoms with Gasteiger partial charge in [-0.25, -0.2) is 13.2 Å². The van der Waals surface area contributed by atoms with Crippen molar-refractivity contribution in [2.75, 3.05) is 31.6 Å². The Labute approximate surface area is 159 Å². The summed E-state index contributed by atoms with van der Waals surface area (Å²) in [6.07, 6.45) is 2.55. The molecule has 3 heterocycles. The number of carbonyl (C=O) groups excluding carboxylic acids is 1. The topological polar surface area (TPSA) is 63.7 Å². The van der Waals surface area contributed by atoms with Gasteiger partial charge in [-0.2, -0.15) is 0 Å². The van der Waals surface area contributed by atoms with E-state index in [-0.39, 0.29) is 17.3 Å². The fourth-order valence-electron chi connectivity index (χ4n) is 3.40. The van der Waals surface area contributed by atoms with E-state index in [1.54, 1.807) is 4.90 Å². The van der Waals surface area contributed by atoms with Gasteiger partial charge in [0.15, 0.2) is 23.2 Å². The van der Waals surface area contributed by atoms with Crippen LogP contribution in [0.2, 0.25) is 0 Å². The summed E-state index contributed by atoms with van der Waals surface area (Å²) in [7, 11) is 0. The number of ether oxygens (including phenoxy) is 2. The highest BCUT2D eigenvalue weighted by Gasteiger charge is 2.41. The molecule has 0 atom stereocenters. The Kier molecular flexibility index (Phi) is 4.94. The molecule has 0 unspecified atom stereocenters. The Morgan fingerprint density at radius 3 is 2.50 bits per heavy atom. The Hall–Kier alpha value is -2.65. The minimum atomic E-state index is -1.56. The molecular formula is C19H18F3N3O3. The zero-order chi connectivity index (χ0) is 19.7. The summed E-state index contributed by atoms with van der Waals surface area (Å²) >= 11 is 0. The third-order valence-corrected chi connectivity index (χ3v) is 4.92. The zero-order valence-corrected chi connectivity index (χ0v) is 14.9. The predicted molar refractivity (Wildman–Crippen MR) is 93.6 cm³/mol. The van der Waals surface area contributed by atoms with Gasteiger partial charge < -0.3 is 19.7 Å². The van der Waals surface area contributed by atoms with Gasteiger partial charge in [-0.15, -0.1) is 0 Å². The van der Waals surface area contributed by atoms with Crippen LogP contribution >= 0.6 is 0 Å². The maximum absolute atomic E-state index is 13.9. The van der Waals surface area contributed by atoms with E-state index in [0.717, 1.165) is 12.1 Å². The molecule has 4 rings (SSSR count). The number of carbonyl (C=O) groups is 1. The third kappa shape index (κ3) is 3.55. The number of amides is 1. The van der Waals surface area contributed by atoms with Crippen molar-refractivity contribution in [3.63, 3.8) is 0 Å². The summed E-state index contributed by atoms with van der Waals surface area (Å²) in [6.45, 7) is 2.06. The highest BCUT2D eigenvalue weighted by molar-refractivity contribution is 5.93. The Morgan fingerprint density at radius 1 is 1.07 bits per heavy atom. The van der Waals surface area contributed by atoms with Crippen molar-refractivity contribution >= 4 is 17.3 Å². The number of hydrogen-bond acceptors (Lipinski definition) is 5. The Balaban J connectivity index is 1.46. The highest BCUT2D eigenvalue weighted by atomic mass is 19.2. The average molecular weight is 393 g/mol. The van der Waals surface area contributed by atoms with Crippen molar-refractivity contribution in [2.24, 2.45) is 0 Å². The van der Waals surface area contributed by atoms with Gasteiger partial charge in [0.25, 0.3) is 5.91 Å². The van der Waals surface area contributed by atoms with Crippen LogP contribution in [0.5, 0.6) is 0 Å². The number of anilines is 2. The van der Waals surface area contributed by atoms with E-state index in [9.17, 15) is 18.0 Å². The molecule has 0 radical (unpaired) electrons. The number of likely N-dealkylation sites (tertiary alicyclic amines) is 1. The molecule has 2 aliphatic heterocycles. The first-order valence-electron chi connectivity index (χ1n) is 8.91. The monoisotopic (exact) mass is 393 g/mol. The lowest BCUT2D eigenvalue weighted by Gasteiger charge is -2.37. The van der Waals surface area contributed by atoms with Crippen molar-refractivity contribution < 1.29 is 27.4 Å². The molecule has 0 saturated carbocycles. The normalized spacial score (nSPS) is 18.5. The lowest BCUT2D eigenvalue weighted by Crippen LogP contribution is -2.47. The molecule has 9 heteroatoms. The predicted octanol–water partition coefficient (Wildman–Crippen LogP) is 3.22. The quantitative estimate of drug-likeness (QED) is 0.812. The molecule has 1 aromatic carbocycles. The molecule has 1 spiro atoms. The maximum Gasteiger partial charge on any atom is 0.272 e. The van der Waals surface area contributed by atoms with Crippen LogP contribution in [0, 0.1) is 17.5 Å². The molecule has 1 N–H and O–H groups in total. The van der Waals surface area contributed by atoms with Crippen LogP contribution < -0.4 is 5.32 Å². The van der Waals surface area contributed by atoms with E-state index in [1.165, 1.54) is 18.3 Å². The molecule has 28 heavy (non-hydrogen) atoms. The van der Waals surface area contributed by atoms with Gasteiger partial charge >= 0.3 is 0 Å². The standard InChI is InChI=1S/C19H18F3N3O3/c20-13-1-2-14(17(22)16(13)21)24-12-3-6-23-15(11-12)18(26)25-7-4-19(5-8-25)27-9-10-28-19/h1-3,6,11H,4-5,7-10H2,(H,23,24). The highest BCUT2D eigenvalue weighted by Crippen LogP contribution is 2.32. The summed E-state index contributed by atoms with van der Waals surface area (Å²) in [5.41, 5.74) is 0.260. The Bertz CT molecular complexity index is 893. The van der Waals surface area contributed by atoms with Crippen LogP contribution in [0.4, 0.5) is 24.5 Å². The van der Waals surface area contributed by atoms with Gasteiger partial charge in [0.05, 0.1) is 18.9 Å². The van der Waals surface area contributed by atoms with Gasteiger partial charge in [-0.05, 0) is 24.3 Å². The lowest BCUT2D eigenvalue weighted by atomic mass is 10.0. The number of hydrogen-bond donors (Lipinski definition) is 1. The summed E-state index contributed by atoms with van der Waals surface area (Å²) in [5.74, 6) is -5.02. The number of aromatic nitrogens is 1. The van der Waals surface area contributed by atoms with Crippen LogP contribution in [-0.2, 0) is 9.47 Å². The summed E-state index contributed by atoms with van der Waals surface area (Å²) in [5, 5.41) is 2.65. The number of benzene rings is 1. The van der Waals surface area contributed by atoms with Crippen LogP contribution in [0.1, 0.15) is 23.3 Å². The summed E-state index contributed by atoms with van der Waals surface area (Å²) in [4.78, 5) is 18.5. The molecule has 2 fully saturated rings. The van der Waals surface area contributed by atoms with E-state index >= 15 is 0 Å². The van der Waals surface area contributed by atoms with Gasteiger partial charge in [0.2, 0.25) is 0 Å². The number of pyridine rings is 1. The van der Waals surface area contributed by atoms with E-state index in [4.69, 9.17) is 9.47 Å². The maximum atomic E-state index is 13.9. The molecule has 0 aliphatic carbocycles. The minimum Gasteiger partial charge on any atom is -0.353 e. The van der Waals surface area contributed by atoms with Crippen LogP contribution in [0.25, 0.3) is 0 Å². The molecular weight excluding hydrogens is 375 g/mol. The van der Waals surface area contributed by atoms with Crippen LogP contribution in [0.3, 0.4) is 0 Å². The zero-order valence-electron chi connectivity index (χ0n) is 14.9. The van der Waals surface area contributed by atoms with Crippen molar-refractivity contribution in [2.45, 2.75) is 18.6 Å². The van der Waals surface area contributed by atoms with Crippen LogP contribution in [-0.4, -0.2) is 47.9 Å². The number of nitrogens with one attached hydrogen (secondary N) is 1. The third-order valence-electron chi connectivity index (χ3n) is 4.92. The molecule has 1 amide bonds. The smallest absolute Gasteiger partial charge is 0.272 e. The summed E-state index contributed by atoms with van der Waals surface area (Å²) in [6, 6.07) is 4.85. The van der Waals surface area contributed by atoms with Gasteiger partial charge in [0, 0.05) is 37.8 Å². The first-order valence-corrected chi connectivity index (χ1v) is 8.91. The molecule has 148 valence electrons. The number of piperidine rings is 1. The second kappa shape index (κ2) is 7.40. The molecule has 1 aromatic heterocycles. The van der Waals surface area contributed by atoms with E-state index in [2.05, 4.69) is 10.3 Å². The minimum absolute atomic E-state index is 0.164. The molecule has 2 aliphatic rings. The van der Waals surface area contributed by atoms with E-state index < -0.39 is 23.2 Å².